The molecular weight excluding hydrogens is 708 g/mol. The van der Waals surface area contributed by atoms with Crippen LogP contribution in [0, 0.1) is 28.6 Å². The van der Waals surface area contributed by atoms with Crippen molar-refractivity contribution in [1.29, 1.82) is 0 Å². The summed E-state index contributed by atoms with van der Waals surface area (Å²) in [4.78, 5) is 13.6. The summed E-state index contributed by atoms with van der Waals surface area (Å²) < 4.78 is 23.5. The van der Waals surface area contributed by atoms with Gasteiger partial charge < -0.3 is 70.0 Å². The van der Waals surface area contributed by atoms with Gasteiger partial charge in [0.25, 0.3) is 0 Å². The van der Waals surface area contributed by atoms with Crippen LogP contribution in [0.1, 0.15) is 98.8 Å². The highest BCUT2D eigenvalue weighted by atomic mass is 16.8. The fourth-order valence-electron chi connectivity index (χ4n) is 11.3. The van der Waals surface area contributed by atoms with Crippen LogP contribution < -0.4 is 0 Å². The molecule has 0 radical (unpaired) electrons. The maximum Gasteiger partial charge on any atom is 0.187 e. The fraction of sp³-hybridized carbons (Fsp3) is 0.923. The van der Waals surface area contributed by atoms with Crippen LogP contribution in [0.4, 0.5) is 0 Å². The van der Waals surface area contributed by atoms with Crippen LogP contribution in [0.15, 0.2) is 11.6 Å². The third kappa shape index (κ3) is 6.85. The van der Waals surface area contributed by atoms with E-state index in [1.54, 1.807) is 0 Å². The van der Waals surface area contributed by atoms with Crippen LogP contribution in [0.3, 0.4) is 0 Å². The predicted octanol–water partition coefficient (Wildman–Crippen LogP) is -0.439. The average Bonchev–Trinajstić information content (AvgIpc) is 3.40. The summed E-state index contributed by atoms with van der Waals surface area (Å²) in [5.41, 5.74) is -4.22. The highest BCUT2D eigenvalue weighted by molar-refractivity contribution is 6.00. The molecule has 15 heteroatoms. The highest BCUT2D eigenvalue weighted by Gasteiger charge is 2.69. The first-order chi connectivity index (χ1) is 25.2. The summed E-state index contributed by atoms with van der Waals surface area (Å²) in [5, 5.41) is 107. The molecule has 0 aromatic carbocycles. The minimum Gasteiger partial charge on any atom is -0.394 e. The van der Waals surface area contributed by atoms with Crippen LogP contribution in [0.25, 0.3) is 0 Å². The average molecular weight is 773 g/mol. The summed E-state index contributed by atoms with van der Waals surface area (Å²) in [5.74, 6) is -0.220. The topological polar surface area (TPSA) is 256 Å². The Kier molecular flexibility index (Phi) is 12.0. The van der Waals surface area contributed by atoms with Gasteiger partial charge in [-0.1, -0.05) is 33.6 Å². The number of rotatable bonds is 11. The SMILES string of the molecule is CC(CCCC(C)(C)OC1OC(CO)C(O)C(O)C1OC1OC(CO)C(O)C(O)C1O)C1CCC2(O)C3=CC(=O)C4(O)CC(O)CCC4(C)C3CCC12C. The Balaban J connectivity index is 1.11. The van der Waals surface area contributed by atoms with Crippen LogP contribution in [-0.2, 0) is 23.7 Å². The zero-order valence-electron chi connectivity index (χ0n) is 32.2. The second-order valence-electron chi connectivity index (χ2n) is 18.4. The molecule has 2 aliphatic heterocycles. The van der Waals surface area contributed by atoms with Crippen LogP contribution in [0.2, 0.25) is 0 Å². The molecule has 18 unspecified atom stereocenters. The lowest BCUT2D eigenvalue weighted by Gasteiger charge is -2.62. The van der Waals surface area contributed by atoms with Crippen LogP contribution in [0.5, 0.6) is 0 Å². The number of ether oxygens (including phenoxy) is 4. The molecule has 18 atom stereocenters. The summed E-state index contributed by atoms with van der Waals surface area (Å²) in [6.45, 7) is 8.60. The van der Waals surface area contributed by atoms with Crippen molar-refractivity contribution in [3.63, 3.8) is 0 Å². The Morgan fingerprint density at radius 2 is 1.43 bits per heavy atom. The van der Waals surface area contributed by atoms with Crippen LogP contribution >= 0.6 is 0 Å². The van der Waals surface area contributed by atoms with Crippen molar-refractivity contribution in [1.82, 2.24) is 0 Å². The lowest BCUT2D eigenvalue weighted by atomic mass is 9.44. The molecule has 6 rings (SSSR count). The van der Waals surface area contributed by atoms with Crippen LogP contribution in [-0.4, -0.2) is 154 Å². The first kappa shape index (κ1) is 42.5. The first-order valence-corrected chi connectivity index (χ1v) is 19.8. The number of fused-ring (bicyclic) bond motifs is 5. The van der Waals surface area contributed by atoms with Gasteiger partial charge in [-0.3, -0.25) is 4.79 Å². The van der Waals surface area contributed by atoms with E-state index in [1.165, 1.54) is 6.08 Å². The number of hydrogen-bond acceptors (Lipinski definition) is 15. The van der Waals surface area contributed by atoms with Crippen molar-refractivity contribution in [2.45, 2.75) is 183 Å². The number of hydrogen-bond donors (Lipinski definition) is 10. The zero-order chi connectivity index (χ0) is 39.8. The van der Waals surface area contributed by atoms with E-state index in [9.17, 15) is 55.9 Å². The second-order valence-corrected chi connectivity index (χ2v) is 18.4. The minimum atomic E-state index is -1.77. The third-order valence-electron chi connectivity index (χ3n) is 14.8. The van der Waals surface area contributed by atoms with Gasteiger partial charge in [0.2, 0.25) is 0 Å². The normalized spacial score (nSPS) is 50.2. The molecule has 6 aliphatic rings. The van der Waals surface area contributed by atoms with Gasteiger partial charge >= 0.3 is 0 Å². The Morgan fingerprint density at radius 1 is 0.815 bits per heavy atom. The van der Waals surface area contributed by atoms with Crippen molar-refractivity contribution < 1.29 is 74.8 Å². The first-order valence-electron chi connectivity index (χ1n) is 19.8. The largest absolute Gasteiger partial charge is 0.394 e. The molecule has 2 saturated heterocycles. The van der Waals surface area contributed by atoms with E-state index in [-0.39, 0.29) is 24.2 Å². The summed E-state index contributed by atoms with van der Waals surface area (Å²) in [6.07, 6.45) is -8.75. The Labute approximate surface area is 316 Å². The standard InChI is InChI=1S/C39H64O15/c1-19(21-10-14-38(49)23-15-26(43)39(50)16-20(42)8-12-37(39,5)22(23)9-13-36(21,38)4)7-6-11-35(2,3)54-34-32(30(47)28(45)25(18-41)52-34)53-33-31(48)29(46)27(44)24(17-40)51-33/h15,19-22,24-25,27-34,40-42,44-50H,6-14,16-18H2,1-5H3. The molecule has 0 spiro atoms. The highest BCUT2D eigenvalue weighted by Crippen LogP contribution is 2.68. The molecule has 4 aliphatic carbocycles. The second kappa shape index (κ2) is 15.2. The molecule has 0 aromatic heterocycles. The lowest BCUT2D eigenvalue weighted by molar-refractivity contribution is -0.377. The van der Waals surface area contributed by atoms with Gasteiger partial charge in [0, 0.05) is 17.3 Å². The maximum atomic E-state index is 13.6. The Morgan fingerprint density at radius 3 is 2.07 bits per heavy atom. The monoisotopic (exact) mass is 772 g/mol. The van der Waals surface area contributed by atoms with Gasteiger partial charge in [-0.15, -0.1) is 0 Å². The molecule has 2 heterocycles. The van der Waals surface area contributed by atoms with Gasteiger partial charge in [0.15, 0.2) is 18.4 Å². The van der Waals surface area contributed by atoms with Gasteiger partial charge in [-0.2, -0.15) is 0 Å². The zero-order valence-corrected chi connectivity index (χ0v) is 32.2. The number of carbonyl (C=O) groups excluding carboxylic acids is 1. The molecule has 310 valence electrons. The number of ketones is 1. The minimum absolute atomic E-state index is 0.0153. The molecule has 0 bridgehead atoms. The number of aliphatic hydroxyl groups excluding tert-OH is 8. The van der Waals surface area contributed by atoms with Crippen molar-refractivity contribution in [2.24, 2.45) is 28.6 Å². The molecule has 10 N–H and O–H groups in total. The van der Waals surface area contributed by atoms with E-state index in [1.807, 2.05) is 20.8 Å². The Hall–Kier alpha value is -1.15. The molecule has 15 nitrogen and oxygen atoms in total. The summed E-state index contributed by atoms with van der Waals surface area (Å²) in [7, 11) is 0. The molecular formula is C39H64O15. The molecule has 0 amide bonds. The van der Waals surface area contributed by atoms with Crippen molar-refractivity contribution in [2.75, 3.05) is 13.2 Å². The van der Waals surface area contributed by atoms with Gasteiger partial charge in [0.05, 0.1) is 30.5 Å². The van der Waals surface area contributed by atoms with E-state index in [0.717, 1.165) is 31.3 Å². The predicted molar refractivity (Wildman–Crippen MR) is 189 cm³/mol. The molecule has 0 aromatic rings. The van der Waals surface area contributed by atoms with E-state index in [0.29, 0.717) is 32.1 Å². The fourth-order valence-corrected chi connectivity index (χ4v) is 11.3. The van der Waals surface area contributed by atoms with Gasteiger partial charge in [-0.05, 0) is 88.2 Å². The molecule has 5 fully saturated rings. The van der Waals surface area contributed by atoms with E-state index >= 15 is 0 Å². The third-order valence-corrected chi connectivity index (χ3v) is 14.8. The Bertz CT molecular complexity index is 1390. The quantitative estimate of drug-likeness (QED) is 0.128. The maximum absolute atomic E-state index is 13.6. The van der Waals surface area contributed by atoms with E-state index in [4.69, 9.17) is 18.9 Å². The van der Waals surface area contributed by atoms with Crippen molar-refractivity contribution in [3.05, 3.63) is 11.6 Å². The number of carbonyl (C=O) groups is 1. The van der Waals surface area contributed by atoms with Crippen molar-refractivity contribution in [3.8, 4) is 0 Å². The van der Waals surface area contributed by atoms with Gasteiger partial charge in [0.1, 0.15) is 54.4 Å². The van der Waals surface area contributed by atoms with Gasteiger partial charge in [-0.25, -0.2) is 0 Å². The summed E-state index contributed by atoms with van der Waals surface area (Å²) >= 11 is 0. The lowest BCUT2D eigenvalue weighted by Crippen LogP contribution is -2.66. The summed E-state index contributed by atoms with van der Waals surface area (Å²) in [6, 6.07) is 0. The smallest absolute Gasteiger partial charge is 0.187 e. The molecule has 54 heavy (non-hydrogen) atoms. The number of aliphatic hydroxyl groups is 10. The van der Waals surface area contributed by atoms with E-state index in [2.05, 4.69) is 13.8 Å². The van der Waals surface area contributed by atoms with Crippen molar-refractivity contribution >= 4 is 5.78 Å². The molecule has 3 saturated carbocycles. The van der Waals surface area contributed by atoms with E-state index < -0.39 is 114 Å².